The van der Waals surface area contributed by atoms with E-state index in [1.54, 1.807) is 0 Å². The van der Waals surface area contributed by atoms with E-state index in [1.165, 1.54) is 12.1 Å². The van der Waals surface area contributed by atoms with Crippen LogP contribution in [0.3, 0.4) is 0 Å². The molecule has 2 rings (SSSR count). The molecule has 1 aliphatic rings. The number of carbonyl (C=O) groups is 1. The van der Waals surface area contributed by atoms with Gasteiger partial charge in [0.05, 0.1) is 11.6 Å². The van der Waals surface area contributed by atoms with E-state index in [0.717, 1.165) is 25.2 Å². The Morgan fingerprint density at radius 1 is 1.35 bits per heavy atom. The zero-order chi connectivity index (χ0) is 16.9. The normalized spacial score (nSPS) is 16.8. The summed E-state index contributed by atoms with van der Waals surface area (Å²) in [6, 6.07) is 6.74. The maximum atomic E-state index is 12.7. The molecule has 0 spiro atoms. The quantitative estimate of drug-likeness (QED) is 0.924. The lowest BCUT2D eigenvalue weighted by molar-refractivity contribution is -0.137. The predicted octanol–water partition coefficient (Wildman–Crippen LogP) is 3.27. The number of benzene rings is 1. The number of nitrogens with zero attached hydrogens (tertiary/aromatic N) is 2. The summed E-state index contributed by atoms with van der Waals surface area (Å²) in [6.07, 6.45) is -2.67. The second kappa shape index (κ2) is 7.47. The molecule has 1 heterocycles. The van der Waals surface area contributed by atoms with Crippen LogP contribution in [-0.4, -0.2) is 30.4 Å². The smallest absolute Gasteiger partial charge is 0.326 e. The number of carbonyl (C=O) groups excluding carboxylic acids is 1. The Bertz CT molecular complexity index is 587. The van der Waals surface area contributed by atoms with Crippen LogP contribution in [0.1, 0.15) is 24.8 Å². The number of rotatable bonds is 4. The van der Waals surface area contributed by atoms with Gasteiger partial charge in [0.25, 0.3) is 0 Å². The van der Waals surface area contributed by atoms with Gasteiger partial charge in [-0.2, -0.15) is 18.4 Å². The van der Waals surface area contributed by atoms with Crippen molar-refractivity contribution in [2.45, 2.75) is 25.4 Å². The van der Waals surface area contributed by atoms with E-state index in [0.29, 0.717) is 25.8 Å². The summed E-state index contributed by atoms with van der Waals surface area (Å²) in [5, 5.41) is 11.1. The number of nitrogens with one attached hydrogen (secondary N) is 1. The topological polar surface area (TPSA) is 56.1 Å². The molecular formula is C16H18F3N3O. The summed E-state index contributed by atoms with van der Waals surface area (Å²) in [5.41, 5.74) is -0.613. The molecule has 4 nitrogen and oxygen atoms in total. The van der Waals surface area contributed by atoms with E-state index >= 15 is 0 Å². The van der Waals surface area contributed by atoms with E-state index < -0.39 is 11.7 Å². The van der Waals surface area contributed by atoms with Gasteiger partial charge in [-0.15, -0.1) is 0 Å². The zero-order valence-corrected chi connectivity index (χ0v) is 12.6. The highest BCUT2D eigenvalue weighted by Gasteiger charge is 2.31. The van der Waals surface area contributed by atoms with Gasteiger partial charge in [0.15, 0.2) is 0 Å². The van der Waals surface area contributed by atoms with Crippen LogP contribution in [0.4, 0.5) is 18.9 Å². The first-order valence-electron chi connectivity index (χ1n) is 7.47. The second-order valence-corrected chi connectivity index (χ2v) is 5.59. The summed E-state index contributed by atoms with van der Waals surface area (Å²) < 4.78 is 38.0. The van der Waals surface area contributed by atoms with Gasteiger partial charge < -0.3 is 10.2 Å². The molecule has 23 heavy (non-hydrogen) atoms. The fourth-order valence-corrected chi connectivity index (χ4v) is 2.64. The Hall–Kier alpha value is -2.07. The Labute approximate surface area is 132 Å². The van der Waals surface area contributed by atoms with Crippen LogP contribution in [0, 0.1) is 17.2 Å². The van der Waals surface area contributed by atoms with Gasteiger partial charge in [0, 0.05) is 24.6 Å². The molecule has 1 aromatic carbocycles. The molecule has 1 saturated heterocycles. The number of anilines is 1. The lowest BCUT2D eigenvalue weighted by Gasteiger charge is -2.30. The third kappa shape index (κ3) is 4.96. The lowest BCUT2D eigenvalue weighted by Crippen LogP contribution is -2.38. The van der Waals surface area contributed by atoms with Crippen molar-refractivity contribution in [1.82, 2.24) is 4.90 Å². The summed E-state index contributed by atoms with van der Waals surface area (Å²) in [7, 11) is 0. The Morgan fingerprint density at radius 3 is 2.65 bits per heavy atom. The molecule has 0 saturated carbocycles. The number of piperidine rings is 1. The molecule has 1 aromatic rings. The van der Waals surface area contributed by atoms with Crippen LogP contribution in [0.2, 0.25) is 0 Å². The van der Waals surface area contributed by atoms with Crippen LogP contribution in [0.15, 0.2) is 24.3 Å². The van der Waals surface area contributed by atoms with Crippen molar-refractivity contribution in [3.63, 3.8) is 0 Å². The van der Waals surface area contributed by atoms with E-state index in [2.05, 4.69) is 16.3 Å². The molecular weight excluding hydrogens is 307 g/mol. The van der Waals surface area contributed by atoms with Gasteiger partial charge in [-0.25, -0.2) is 0 Å². The Morgan fingerprint density at radius 2 is 2.04 bits per heavy atom. The maximum absolute atomic E-state index is 12.7. The number of amides is 1. The van der Waals surface area contributed by atoms with Crippen molar-refractivity contribution in [2.75, 3.05) is 25.0 Å². The van der Waals surface area contributed by atoms with Gasteiger partial charge in [-0.1, -0.05) is 6.07 Å². The monoisotopic (exact) mass is 325 g/mol. The van der Waals surface area contributed by atoms with Crippen molar-refractivity contribution in [3.8, 4) is 6.07 Å². The van der Waals surface area contributed by atoms with E-state index in [-0.39, 0.29) is 17.5 Å². The van der Waals surface area contributed by atoms with Crippen LogP contribution in [-0.2, 0) is 11.0 Å². The Kier molecular flexibility index (Phi) is 5.61. The minimum absolute atomic E-state index is 0.164. The van der Waals surface area contributed by atoms with E-state index in [4.69, 9.17) is 5.26 Å². The van der Waals surface area contributed by atoms with Crippen LogP contribution in [0.5, 0.6) is 0 Å². The lowest BCUT2D eigenvalue weighted by atomic mass is 9.95. The third-order valence-corrected chi connectivity index (χ3v) is 3.96. The molecule has 0 aromatic heterocycles. The van der Waals surface area contributed by atoms with Gasteiger partial charge in [-0.05, 0) is 44.1 Å². The molecule has 7 heteroatoms. The average molecular weight is 325 g/mol. The van der Waals surface area contributed by atoms with Crippen molar-refractivity contribution in [2.24, 2.45) is 5.92 Å². The second-order valence-electron chi connectivity index (χ2n) is 5.59. The Balaban J connectivity index is 1.90. The fraction of sp³-hybridized carbons (Fsp3) is 0.500. The van der Waals surface area contributed by atoms with Crippen molar-refractivity contribution >= 4 is 11.6 Å². The standard InChI is InChI=1S/C16H18F3N3O/c17-16(18,19)13-3-1-4-14(11-13)21-15(23)12-5-9-22(10-6-12)8-2-7-20/h1,3-4,11-12H,2,5-6,8-10H2,(H,21,23). The van der Waals surface area contributed by atoms with Crippen LogP contribution < -0.4 is 5.32 Å². The maximum Gasteiger partial charge on any atom is 0.416 e. The van der Waals surface area contributed by atoms with Crippen molar-refractivity contribution in [1.29, 1.82) is 5.26 Å². The van der Waals surface area contributed by atoms with E-state index in [9.17, 15) is 18.0 Å². The fourth-order valence-electron chi connectivity index (χ4n) is 2.64. The molecule has 0 unspecified atom stereocenters. The molecule has 0 bridgehead atoms. The predicted molar refractivity (Wildman–Crippen MR) is 79.5 cm³/mol. The largest absolute Gasteiger partial charge is 0.416 e. The van der Waals surface area contributed by atoms with Gasteiger partial charge in [0.1, 0.15) is 0 Å². The first-order valence-corrected chi connectivity index (χ1v) is 7.47. The summed E-state index contributed by atoms with van der Waals surface area (Å²) in [6.45, 7) is 2.14. The summed E-state index contributed by atoms with van der Waals surface area (Å²) in [5.74, 6) is -0.452. The molecule has 0 aliphatic carbocycles. The summed E-state index contributed by atoms with van der Waals surface area (Å²) >= 11 is 0. The highest BCUT2D eigenvalue weighted by Crippen LogP contribution is 2.31. The van der Waals surface area contributed by atoms with Gasteiger partial charge >= 0.3 is 6.18 Å². The molecule has 1 N–H and O–H groups in total. The number of halogens is 3. The highest BCUT2D eigenvalue weighted by molar-refractivity contribution is 5.92. The molecule has 1 aliphatic heterocycles. The first kappa shape index (κ1) is 17.3. The van der Waals surface area contributed by atoms with Gasteiger partial charge in [0.2, 0.25) is 5.91 Å². The average Bonchev–Trinajstić information content (AvgIpc) is 2.53. The molecule has 124 valence electrons. The highest BCUT2D eigenvalue weighted by atomic mass is 19.4. The first-order chi connectivity index (χ1) is 10.9. The number of hydrogen-bond donors (Lipinski definition) is 1. The van der Waals surface area contributed by atoms with Gasteiger partial charge in [-0.3, -0.25) is 4.79 Å². The van der Waals surface area contributed by atoms with Crippen LogP contribution in [0.25, 0.3) is 0 Å². The molecule has 0 atom stereocenters. The molecule has 1 fully saturated rings. The number of likely N-dealkylation sites (tertiary alicyclic amines) is 1. The van der Waals surface area contributed by atoms with Crippen molar-refractivity contribution in [3.05, 3.63) is 29.8 Å². The minimum atomic E-state index is -4.42. The van der Waals surface area contributed by atoms with E-state index in [1.807, 2.05) is 0 Å². The van der Waals surface area contributed by atoms with Crippen molar-refractivity contribution < 1.29 is 18.0 Å². The van der Waals surface area contributed by atoms with Crippen LogP contribution >= 0.6 is 0 Å². The third-order valence-electron chi connectivity index (χ3n) is 3.96. The minimum Gasteiger partial charge on any atom is -0.326 e. The zero-order valence-electron chi connectivity index (χ0n) is 12.6. The summed E-state index contributed by atoms with van der Waals surface area (Å²) in [4.78, 5) is 14.3. The SMILES string of the molecule is N#CCCN1CCC(C(=O)Nc2cccc(C(F)(F)F)c2)CC1. The molecule has 1 amide bonds. The number of alkyl halides is 3. The number of hydrogen-bond acceptors (Lipinski definition) is 3. The molecule has 0 radical (unpaired) electrons. The number of nitriles is 1.